The van der Waals surface area contributed by atoms with Crippen molar-refractivity contribution < 1.29 is 0 Å². The Balaban J connectivity index is -0.0000000250. The second-order valence-corrected chi connectivity index (χ2v) is 3.47. The molecule has 0 aromatic heterocycles. The Morgan fingerprint density at radius 2 is 0.500 bits per heavy atom. The van der Waals surface area contributed by atoms with Gasteiger partial charge in [0.1, 0.15) is 0 Å². The largest absolute Gasteiger partial charge is 0.0683 e. The lowest BCUT2D eigenvalue weighted by atomic mass is 10.3. The summed E-state index contributed by atoms with van der Waals surface area (Å²) in [5.41, 5.74) is 0. The van der Waals surface area contributed by atoms with Crippen molar-refractivity contribution in [3.05, 3.63) is 0 Å². The number of unbranched alkanes of at least 4 members (excludes halogenated alkanes) is 2. The monoisotopic (exact) mass is 264 g/mol. The lowest BCUT2D eigenvalue weighted by molar-refractivity contribution is 0.772. The van der Waals surface area contributed by atoms with E-state index in [1.807, 2.05) is 27.7 Å². The van der Waals surface area contributed by atoms with Crippen molar-refractivity contribution in [2.45, 2.75) is 122 Å². The Hall–Kier alpha value is 0. The van der Waals surface area contributed by atoms with Gasteiger partial charge in [0.2, 0.25) is 0 Å². The lowest BCUT2D eigenvalue weighted by Gasteiger charge is -1.79. The molecule has 0 nitrogen and oxygen atoms in total. The van der Waals surface area contributed by atoms with Crippen LogP contribution in [0, 0.1) is 0 Å². The van der Waals surface area contributed by atoms with Gasteiger partial charge in [-0.05, 0) is 0 Å². The zero-order valence-electron chi connectivity index (χ0n) is 16.2. The van der Waals surface area contributed by atoms with E-state index in [1.54, 1.807) is 0 Å². The van der Waals surface area contributed by atoms with Crippen LogP contribution in [-0.2, 0) is 0 Å². The third kappa shape index (κ3) is 900. The molecule has 0 heteroatoms. The van der Waals surface area contributed by atoms with Crippen molar-refractivity contribution >= 4 is 0 Å². The minimum atomic E-state index is 1.25. The molecule has 0 N–H and O–H groups in total. The zero-order valence-corrected chi connectivity index (χ0v) is 16.2. The summed E-state index contributed by atoms with van der Waals surface area (Å²) in [6.07, 6.45) is 7.83. The molecular weight excluding hydrogens is 216 g/mol. The van der Waals surface area contributed by atoms with Gasteiger partial charge in [0.05, 0.1) is 0 Å². The Morgan fingerprint density at radius 3 is 0.500 bits per heavy atom. The summed E-state index contributed by atoms with van der Waals surface area (Å²) in [7, 11) is 0. The molecule has 18 heavy (non-hydrogen) atoms. The van der Waals surface area contributed by atoms with Gasteiger partial charge in [-0.25, -0.2) is 0 Å². The molecule has 0 aliphatic carbocycles. The van der Waals surface area contributed by atoms with Gasteiger partial charge in [-0.15, -0.1) is 0 Å². The van der Waals surface area contributed by atoms with E-state index in [2.05, 4.69) is 55.4 Å². The first-order valence-corrected chi connectivity index (χ1v) is 8.66. The Bertz CT molecular complexity index is 24.3. The van der Waals surface area contributed by atoms with Gasteiger partial charge in [0.15, 0.2) is 0 Å². The highest BCUT2D eigenvalue weighted by Gasteiger charge is 1.68. The first-order valence-electron chi connectivity index (χ1n) is 8.66. The first kappa shape index (κ1) is 36.1. The van der Waals surface area contributed by atoms with Gasteiger partial charge < -0.3 is 0 Å². The highest BCUT2D eigenvalue weighted by molar-refractivity contribution is 4.24. The van der Waals surface area contributed by atoms with E-state index in [-0.39, 0.29) is 0 Å². The van der Waals surface area contributed by atoms with E-state index in [1.165, 1.54) is 38.5 Å². The van der Waals surface area contributed by atoms with E-state index >= 15 is 0 Å². The molecule has 0 spiro atoms. The van der Waals surface area contributed by atoms with Crippen molar-refractivity contribution in [2.75, 3.05) is 0 Å². The predicted octanol–water partition coefficient (Wildman–Crippen LogP) is 8.50. The molecule has 0 rings (SSSR count). The van der Waals surface area contributed by atoms with Crippen LogP contribution in [0.5, 0.6) is 0 Å². The van der Waals surface area contributed by atoms with Crippen LogP contribution in [0.1, 0.15) is 122 Å². The van der Waals surface area contributed by atoms with Crippen LogP contribution in [0.4, 0.5) is 0 Å². The van der Waals surface area contributed by atoms with Crippen LogP contribution in [-0.4, -0.2) is 0 Å². The Labute approximate surface area is 122 Å². The molecule has 0 radical (unpaired) electrons. The highest BCUT2D eigenvalue weighted by atomic mass is 13.7. The quantitative estimate of drug-likeness (QED) is 0.469. The Kier molecular flexibility index (Phi) is 243. The minimum absolute atomic E-state index is 1.25. The minimum Gasteiger partial charge on any atom is -0.0683 e. The summed E-state index contributed by atoms with van der Waals surface area (Å²) in [6.45, 7) is 25.2. The molecular formula is C18H48. The van der Waals surface area contributed by atoms with Gasteiger partial charge in [-0.1, -0.05) is 122 Å². The van der Waals surface area contributed by atoms with Crippen LogP contribution in [0.3, 0.4) is 0 Å². The maximum Gasteiger partial charge on any atom is -0.0538 e. The molecule has 0 heterocycles. The van der Waals surface area contributed by atoms with Crippen LogP contribution in [0.25, 0.3) is 0 Å². The van der Waals surface area contributed by atoms with Gasteiger partial charge >= 0.3 is 0 Å². The van der Waals surface area contributed by atoms with E-state index < -0.39 is 0 Å². The molecule has 0 aromatic rings. The fourth-order valence-corrected chi connectivity index (χ4v) is 0.354. The van der Waals surface area contributed by atoms with Crippen LogP contribution < -0.4 is 0 Å². The summed E-state index contributed by atoms with van der Waals surface area (Å²) in [5, 5.41) is 0. The summed E-state index contributed by atoms with van der Waals surface area (Å²) in [6, 6.07) is 0. The molecule has 0 unspecified atom stereocenters. The molecule has 0 bridgehead atoms. The van der Waals surface area contributed by atoms with Crippen molar-refractivity contribution in [1.29, 1.82) is 0 Å². The van der Waals surface area contributed by atoms with Crippen molar-refractivity contribution in [1.82, 2.24) is 0 Å². The molecule has 0 atom stereocenters. The summed E-state index contributed by atoms with van der Waals surface area (Å²) < 4.78 is 0. The molecule has 0 saturated heterocycles. The van der Waals surface area contributed by atoms with Crippen LogP contribution in [0.2, 0.25) is 0 Å². The predicted molar refractivity (Wildman–Crippen MR) is 95.8 cm³/mol. The second kappa shape index (κ2) is 121. The smallest absolute Gasteiger partial charge is 0.0538 e. The van der Waals surface area contributed by atoms with Crippen LogP contribution >= 0.6 is 0 Å². The molecule has 0 amide bonds. The SMILES string of the molecule is CC.CC.CCC.CCC.CCC.CCCCC. The first-order chi connectivity index (χ1) is 8.66. The summed E-state index contributed by atoms with van der Waals surface area (Å²) >= 11 is 0. The van der Waals surface area contributed by atoms with E-state index in [9.17, 15) is 0 Å². The molecule has 0 aliphatic heterocycles. The van der Waals surface area contributed by atoms with Gasteiger partial charge in [-0.3, -0.25) is 0 Å². The number of rotatable bonds is 2. The van der Waals surface area contributed by atoms with Crippen molar-refractivity contribution in [2.24, 2.45) is 0 Å². The average Bonchev–Trinajstić information content (AvgIpc) is 2.38. The van der Waals surface area contributed by atoms with E-state index in [0.717, 1.165) is 0 Å². The standard InChI is InChI=1S/C5H12.3C3H8.2C2H6/c1-3-5-4-2;3*1-3-2;2*1-2/h3-5H2,1-2H3;3*3H2,1-2H3;2*1-2H3. The number of hydrogen-bond donors (Lipinski definition) is 0. The lowest BCUT2D eigenvalue weighted by Crippen LogP contribution is -1.59. The summed E-state index contributed by atoms with van der Waals surface area (Å²) in [4.78, 5) is 0. The van der Waals surface area contributed by atoms with Gasteiger partial charge in [0.25, 0.3) is 0 Å². The fraction of sp³-hybridized carbons (Fsp3) is 1.00. The second-order valence-electron chi connectivity index (χ2n) is 3.47. The molecule has 0 saturated carbocycles. The number of hydrogen-bond acceptors (Lipinski definition) is 0. The molecule has 120 valence electrons. The Morgan fingerprint density at radius 1 is 0.389 bits per heavy atom. The average molecular weight is 265 g/mol. The van der Waals surface area contributed by atoms with Gasteiger partial charge in [-0.2, -0.15) is 0 Å². The van der Waals surface area contributed by atoms with E-state index in [0.29, 0.717) is 0 Å². The van der Waals surface area contributed by atoms with Crippen molar-refractivity contribution in [3.8, 4) is 0 Å². The van der Waals surface area contributed by atoms with Crippen LogP contribution in [0.15, 0.2) is 0 Å². The maximum absolute atomic E-state index is 2.21. The fourth-order valence-electron chi connectivity index (χ4n) is 0.354. The third-order valence-corrected chi connectivity index (χ3v) is 0.707. The molecule has 0 aliphatic rings. The third-order valence-electron chi connectivity index (χ3n) is 0.707. The topological polar surface area (TPSA) is 0 Å². The summed E-state index contributed by atoms with van der Waals surface area (Å²) in [5.74, 6) is 0. The molecule has 0 fully saturated rings. The zero-order chi connectivity index (χ0) is 16.2. The highest BCUT2D eigenvalue weighted by Crippen LogP contribution is 1.88. The normalized spacial score (nSPS) is 6.00. The maximum atomic E-state index is 2.21. The van der Waals surface area contributed by atoms with Crippen molar-refractivity contribution in [3.63, 3.8) is 0 Å². The van der Waals surface area contributed by atoms with Gasteiger partial charge in [0, 0.05) is 0 Å². The van der Waals surface area contributed by atoms with E-state index in [4.69, 9.17) is 0 Å². The molecule has 0 aromatic carbocycles.